The van der Waals surface area contributed by atoms with E-state index in [0.29, 0.717) is 31.0 Å². The first-order valence-electron chi connectivity index (χ1n) is 10.4. The molecule has 1 aliphatic heterocycles. The van der Waals surface area contributed by atoms with Gasteiger partial charge < -0.3 is 20.3 Å². The first-order valence-corrected chi connectivity index (χ1v) is 10.4. The SMILES string of the molecule is CCNC(=NCc1ccc(Oc2ccc(F)cc2)cc1)NC1CCN(C(=O)CC)C1.I. The Morgan fingerprint density at radius 3 is 2.39 bits per heavy atom. The van der Waals surface area contributed by atoms with Crippen molar-refractivity contribution in [3.8, 4) is 11.5 Å². The molecular weight excluding hydrogens is 510 g/mol. The number of guanidine groups is 1. The molecule has 2 aromatic rings. The Balaban J connectivity index is 0.00000341. The number of halogens is 2. The fourth-order valence-electron chi connectivity index (χ4n) is 3.31. The van der Waals surface area contributed by atoms with Gasteiger partial charge in [-0.15, -0.1) is 24.0 Å². The topological polar surface area (TPSA) is 66.0 Å². The Hall–Kier alpha value is -2.36. The molecule has 0 aromatic heterocycles. The Morgan fingerprint density at radius 2 is 1.77 bits per heavy atom. The molecule has 6 nitrogen and oxygen atoms in total. The Kier molecular flexibility index (Phi) is 10.0. The van der Waals surface area contributed by atoms with Crippen molar-refractivity contribution >= 4 is 35.8 Å². The minimum absolute atomic E-state index is 0. The van der Waals surface area contributed by atoms with Gasteiger partial charge in [-0.05, 0) is 55.3 Å². The van der Waals surface area contributed by atoms with Crippen LogP contribution in [0.4, 0.5) is 4.39 Å². The summed E-state index contributed by atoms with van der Waals surface area (Å²) >= 11 is 0. The van der Waals surface area contributed by atoms with E-state index in [2.05, 4.69) is 15.6 Å². The number of carbonyl (C=O) groups excluding carboxylic acids is 1. The number of nitrogens with one attached hydrogen (secondary N) is 2. The predicted molar refractivity (Wildman–Crippen MR) is 132 cm³/mol. The van der Waals surface area contributed by atoms with Crippen molar-refractivity contribution in [3.63, 3.8) is 0 Å². The largest absolute Gasteiger partial charge is 0.457 e. The van der Waals surface area contributed by atoms with Crippen LogP contribution in [-0.4, -0.2) is 42.4 Å². The van der Waals surface area contributed by atoms with Crippen molar-refractivity contribution in [2.24, 2.45) is 4.99 Å². The van der Waals surface area contributed by atoms with Crippen molar-refractivity contribution < 1.29 is 13.9 Å². The predicted octanol–water partition coefficient (Wildman–Crippen LogP) is 4.30. The van der Waals surface area contributed by atoms with E-state index < -0.39 is 0 Å². The van der Waals surface area contributed by atoms with Gasteiger partial charge in [0.15, 0.2) is 5.96 Å². The van der Waals surface area contributed by atoms with Crippen molar-refractivity contribution in [1.82, 2.24) is 15.5 Å². The lowest BCUT2D eigenvalue weighted by Gasteiger charge is -2.18. The monoisotopic (exact) mass is 540 g/mol. The summed E-state index contributed by atoms with van der Waals surface area (Å²) in [6.45, 7) is 6.72. The van der Waals surface area contributed by atoms with Crippen LogP contribution in [0.3, 0.4) is 0 Å². The van der Waals surface area contributed by atoms with Gasteiger partial charge in [-0.1, -0.05) is 19.1 Å². The number of hydrogen-bond donors (Lipinski definition) is 2. The number of aliphatic imine (C=N–C) groups is 1. The number of amides is 1. The molecule has 1 aliphatic rings. The molecule has 1 atom stereocenters. The zero-order chi connectivity index (χ0) is 21.3. The molecule has 0 saturated carbocycles. The summed E-state index contributed by atoms with van der Waals surface area (Å²) in [7, 11) is 0. The zero-order valence-electron chi connectivity index (χ0n) is 17.9. The molecule has 1 amide bonds. The highest BCUT2D eigenvalue weighted by atomic mass is 127. The number of ether oxygens (including phenoxy) is 1. The second kappa shape index (κ2) is 12.5. The van der Waals surface area contributed by atoms with Gasteiger partial charge in [0.1, 0.15) is 17.3 Å². The lowest BCUT2D eigenvalue weighted by atomic mass is 10.2. The van der Waals surface area contributed by atoms with E-state index in [0.717, 1.165) is 31.0 Å². The fourth-order valence-corrected chi connectivity index (χ4v) is 3.31. The molecular formula is C23H30FIN4O2. The molecule has 31 heavy (non-hydrogen) atoms. The normalized spacial score (nSPS) is 15.9. The number of rotatable bonds is 7. The summed E-state index contributed by atoms with van der Waals surface area (Å²) in [5, 5.41) is 6.70. The van der Waals surface area contributed by atoms with Crippen molar-refractivity contribution in [3.05, 3.63) is 59.9 Å². The molecule has 3 rings (SSSR count). The average Bonchev–Trinajstić information content (AvgIpc) is 3.23. The Labute approximate surface area is 200 Å². The number of carbonyl (C=O) groups is 1. The van der Waals surface area contributed by atoms with Gasteiger partial charge in [0.2, 0.25) is 5.91 Å². The first kappa shape index (κ1) is 24.9. The average molecular weight is 540 g/mol. The quantitative estimate of drug-likeness (QED) is 0.312. The molecule has 2 N–H and O–H groups in total. The van der Waals surface area contributed by atoms with Gasteiger partial charge in [0, 0.05) is 32.1 Å². The van der Waals surface area contributed by atoms with E-state index in [4.69, 9.17) is 4.74 Å². The third kappa shape index (κ3) is 7.68. The summed E-state index contributed by atoms with van der Waals surface area (Å²) in [6.07, 6.45) is 1.47. The molecule has 0 bridgehead atoms. The molecule has 8 heteroatoms. The summed E-state index contributed by atoms with van der Waals surface area (Å²) in [4.78, 5) is 18.4. The molecule has 168 valence electrons. The van der Waals surface area contributed by atoms with Crippen LogP contribution < -0.4 is 15.4 Å². The van der Waals surface area contributed by atoms with Crippen LogP contribution in [0.2, 0.25) is 0 Å². The molecule has 1 heterocycles. The van der Waals surface area contributed by atoms with Gasteiger partial charge in [0.05, 0.1) is 6.54 Å². The number of benzene rings is 2. The van der Waals surface area contributed by atoms with E-state index in [1.54, 1.807) is 12.1 Å². The van der Waals surface area contributed by atoms with Crippen LogP contribution >= 0.6 is 24.0 Å². The highest BCUT2D eigenvalue weighted by Crippen LogP contribution is 2.22. The van der Waals surface area contributed by atoms with Crippen LogP contribution in [-0.2, 0) is 11.3 Å². The molecule has 0 spiro atoms. The van der Waals surface area contributed by atoms with E-state index in [9.17, 15) is 9.18 Å². The fraction of sp³-hybridized carbons (Fsp3) is 0.391. The summed E-state index contributed by atoms with van der Waals surface area (Å²) in [5.41, 5.74) is 1.05. The molecule has 0 aliphatic carbocycles. The van der Waals surface area contributed by atoms with E-state index in [-0.39, 0.29) is 41.7 Å². The third-order valence-electron chi connectivity index (χ3n) is 4.92. The highest BCUT2D eigenvalue weighted by Gasteiger charge is 2.25. The lowest BCUT2D eigenvalue weighted by molar-refractivity contribution is -0.129. The maximum atomic E-state index is 13.0. The summed E-state index contributed by atoms with van der Waals surface area (Å²) in [6, 6.07) is 13.8. The van der Waals surface area contributed by atoms with Crippen LogP contribution in [0.5, 0.6) is 11.5 Å². The van der Waals surface area contributed by atoms with Crippen LogP contribution in [0, 0.1) is 5.82 Å². The molecule has 0 radical (unpaired) electrons. The van der Waals surface area contributed by atoms with Gasteiger partial charge >= 0.3 is 0 Å². The second-order valence-electron chi connectivity index (χ2n) is 7.22. The van der Waals surface area contributed by atoms with Gasteiger partial charge in [0.25, 0.3) is 0 Å². The van der Waals surface area contributed by atoms with E-state index >= 15 is 0 Å². The molecule has 1 unspecified atom stereocenters. The van der Waals surface area contributed by atoms with Gasteiger partial charge in [-0.2, -0.15) is 0 Å². The lowest BCUT2D eigenvalue weighted by Crippen LogP contribution is -2.45. The minimum atomic E-state index is -0.289. The van der Waals surface area contributed by atoms with Gasteiger partial charge in [-0.25, -0.2) is 9.38 Å². The number of likely N-dealkylation sites (tertiary alicyclic amines) is 1. The van der Waals surface area contributed by atoms with Gasteiger partial charge in [-0.3, -0.25) is 4.79 Å². The smallest absolute Gasteiger partial charge is 0.222 e. The summed E-state index contributed by atoms with van der Waals surface area (Å²) in [5.74, 6) is 1.94. The number of hydrogen-bond acceptors (Lipinski definition) is 3. The summed E-state index contributed by atoms with van der Waals surface area (Å²) < 4.78 is 18.7. The van der Waals surface area contributed by atoms with Crippen molar-refractivity contribution in [2.75, 3.05) is 19.6 Å². The molecule has 2 aromatic carbocycles. The van der Waals surface area contributed by atoms with E-state index in [1.807, 2.05) is 43.0 Å². The maximum absolute atomic E-state index is 13.0. The Bertz CT molecular complexity index is 859. The second-order valence-corrected chi connectivity index (χ2v) is 7.22. The van der Waals surface area contributed by atoms with Crippen LogP contribution in [0.25, 0.3) is 0 Å². The maximum Gasteiger partial charge on any atom is 0.222 e. The minimum Gasteiger partial charge on any atom is -0.457 e. The standard InChI is InChI=1S/C23H29FN4O2.HI/c1-3-22(29)28-14-13-19(16-28)27-23(25-4-2)26-15-17-5-9-20(10-6-17)30-21-11-7-18(24)8-12-21;/h5-12,19H,3-4,13-16H2,1-2H3,(H2,25,26,27);1H. The molecule has 1 saturated heterocycles. The molecule has 1 fully saturated rings. The third-order valence-corrected chi connectivity index (χ3v) is 4.92. The van der Waals surface area contributed by atoms with E-state index in [1.165, 1.54) is 12.1 Å². The van der Waals surface area contributed by atoms with Crippen LogP contribution in [0.15, 0.2) is 53.5 Å². The first-order chi connectivity index (χ1) is 14.6. The van der Waals surface area contributed by atoms with Crippen molar-refractivity contribution in [1.29, 1.82) is 0 Å². The van der Waals surface area contributed by atoms with Crippen LogP contribution in [0.1, 0.15) is 32.3 Å². The highest BCUT2D eigenvalue weighted by molar-refractivity contribution is 14.0. The number of nitrogens with zero attached hydrogens (tertiary/aromatic N) is 2. The van der Waals surface area contributed by atoms with Crippen molar-refractivity contribution in [2.45, 2.75) is 39.3 Å². The Morgan fingerprint density at radius 1 is 1.13 bits per heavy atom. The zero-order valence-corrected chi connectivity index (χ0v) is 20.3.